The smallest absolute Gasteiger partial charge is 0.150 e. The quantitative estimate of drug-likeness (QED) is 0.775. The molecule has 1 aliphatic heterocycles. The molecular formula is C11H24N2O2S. The molecule has 0 aromatic heterocycles. The SMILES string of the molecule is CCS(=O)(=O)CCCN1CC(N)CCC1C. The third kappa shape index (κ3) is 4.39. The van der Waals surface area contributed by atoms with Gasteiger partial charge in [0.15, 0.2) is 0 Å². The third-order valence-electron chi connectivity index (χ3n) is 3.39. The van der Waals surface area contributed by atoms with Crippen molar-refractivity contribution >= 4 is 9.84 Å². The first kappa shape index (κ1) is 13.9. The summed E-state index contributed by atoms with van der Waals surface area (Å²) in [5.41, 5.74) is 5.91. The minimum absolute atomic E-state index is 0.252. The maximum absolute atomic E-state index is 11.3. The summed E-state index contributed by atoms with van der Waals surface area (Å²) in [4.78, 5) is 2.32. The van der Waals surface area contributed by atoms with Crippen LogP contribution >= 0.6 is 0 Å². The van der Waals surface area contributed by atoms with Crippen LogP contribution in [0, 0.1) is 0 Å². The highest BCUT2D eigenvalue weighted by atomic mass is 32.2. The maximum atomic E-state index is 11.3. The summed E-state index contributed by atoms with van der Waals surface area (Å²) in [5, 5.41) is 0. The molecule has 1 saturated heterocycles. The van der Waals surface area contributed by atoms with Gasteiger partial charge in [0.1, 0.15) is 9.84 Å². The van der Waals surface area contributed by atoms with Gasteiger partial charge in [-0.25, -0.2) is 8.42 Å². The van der Waals surface area contributed by atoms with Crippen molar-refractivity contribution in [1.82, 2.24) is 4.90 Å². The van der Waals surface area contributed by atoms with Gasteiger partial charge in [0.2, 0.25) is 0 Å². The fourth-order valence-electron chi connectivity index (χ4n) is 2.15. The average molecular weight is 248 g/mol. The second kappa shape index (κ2) is 5.98. The Hall–Kier alpha value is -0.130. The predicted molar refractivity (Wildman–Crippen MR) is 67.2 cm³/mol. The van der Waals surface area contributed by atoms with E-state index in [1.165, 1.54) is 0 Å². The van der Waals surface area contributed by atoms with Gasteiger partial charge in [0.25, 0.3) is 0 Å². The molecule has 2 N–H and O–H groups in total. The van der Waals surface area contributed by atoms with Crippen molar-refractivity contribution in [1.29, 1.82) is 0 Å². The van der Waals surface area contributed by atoms with E-state index in [-0.39, 0.29) is 11.8 Å². The lowest BCUT2D eigenvalue weighted by atomic mass is 10.00. The van der Waals surface area contributed by atoms with Gasteiger partial charge in [0.05, 0.1) is 5.75 Å². The second-order valence-corrected chi connectivity index (χ2v) is 7.24. The fourth-order valence-corrected chi connectivity index (χ4v) is 3.01. The Balaban J connectivity index is 2.31. The molecule has 0 spiro atoms. The third-order valence-corrected chi connectivity index (χ3v) is 5.18. The van der Waals surface area contributed by atoms with Crippen molar-refractivity contribution in [2.45, 2.75) is 45.2 Å². The van der Waals surface area contributed by atoms with Crippen LogP contribution in [0.4, 0.5) is 0 Å². The van der Waals surface area contributed by atoms with Gasteiger partial charge in [0, 0.05) is 24.4 Å². The van der Waals surface area contributed by atoms with Gasteiger partial charge in [-0.15, -0.1) is 0 Å². The van der Waals surface area contributed by atoms with Crippen LogP contribution in [0.5, 0.6) is 0 Å². The second-order valence-electron chi connectivity index (χ2n) is 4.77. The molecule has 0 bridgehead atoms. The van der Waals surface area contributed by atoms with Crippen molar-refractivity contribution in [2.24, 2.45) is 5.73 Å². The first-order valence-electron chi connectivity index (χ1n) is 6.14. The fraction of sp³-hybridized carbons (Fsp3) is 1.00. The first-order valence-corrected chi connectivity index (χ1v) is 7.97. The van der Waals surface area contributed by atoms with E-state index >= 15 is 0 Å². The van der Waals surface area contributed by atoms with E-state index in [0.717, 1.165) is 32.4 Å². The molecule has 0 aromatic carbocycles. The molecule has 4 nitrogen and oxygen atoms in total. The van der Waals surface area contributed by atoms with Crippen LogP contribution in [-0.2, 0) is 9.84 Å². The summed E-state index contributed by atoms with van der Waals surface area (Å²) in [5.74, 6) is 0.560. The zero-order valence-electron chi connectivity index (χ0n) is 10.4. The molecule has 0 saturated carbocycles. The Labute approximate surface area is 99.1 Å². The van der Waals surface area contributed by atoms with E-state index in [9.17, 15) is 8.42 Å². The highest BCUT2D eigenvalue weighted by Crippen LogP contribution is 2.16. The highest BCUT2D eigenvalue weighted by Gasteiger charge is 2.22. The minimum Gasteiger partial charge on any atom is -0.327 e. The van der Waals surface area contributed by atoms with Gasteiger partial charge in [-0.2, -0.15) is 0 Å². The van der Waals surface area contributed by atoms with Gasteiger partial charge < -0.3 is 5.73 Å². The topological polar surface area (TPSA) is 63.4 Å². The first-order chi connectivity index (χ1) is 7.44. The number of likely N-dealkylation sites (tertiary alicyclic amines) is 1. The molecule has 1 heterocycles. The lowest BCUT2D eigenvalue weighted by molar-refractivity contribution is 0.146. The van der Waals surface area contributed by atoms with E-state index in [1.807, 2.05) is 0 Å². The Kier molecular flexibility index (Phi) is 5.21. The molecule has 96 valence electrons. The standard InChI is InChI=1S/C11H24N2O2S/c1-3-16(14,15)8-4-7-13-9-11(12)6-5-10(13)2/h10-11H,3-9,12H2,1-2H3. The molecule has 0 aliphatic carbocycles. The molecule has 1 rings (SSSR count). The number of rotatable bonds is 5. The normalized spacial score (nSPS) is 28.2. The summed E-state index contributed by atoms with van der Waals surface area (Å²) in [6, 6.07) is 0.808. The average Bonchev–Trinajstić information content (AvgIpc) is 2.23. The van der Waals surface area contributed by atoms with Gasteiger partial charge in [-0.1, -0.05) is 6.92 Å². The van der Waals surface area contributed by atoms with Crippen LogP contribution < -0.4 is 5.73 Å². The molecule has 0 aromatic rings. The molecule has 5 heteroatoms. The van der Waals surface area contributed by atoms with Crippen molar-refractivity contribution < 1.29 is 8.42 Å². The number of sulfone groups is 1. The minimum atomic E-state index is -2.81. The summed E-state index contributed by atoms with van der Waals surface area (Å²) < 4.78 is 22.7. The van der Waals surface area contributed by atoms with Crippen LogP contribution in [-0.4, -0.2) is 50.0 Å². The zero-order valence-corrected chi connectivity index (χ0v) is 11.2. The Morgan fingerprint density at radius 2 is 2.06 bits per heavy atom. The van der Waals surface area contributed by atoms with Crippen LogP contribution in [0.15, 0.2) is 0 Å². The van der Waals surface area contributed by atoms with Crippen molar-refractivity contribution in [3.05, 3.63) is 0 Å². The number of hydrogen-bond acceptors (Lipinski definition) is 4. The number of hydrogen-bond donors (Lipinski definition) is 1. The molecule has 1 fully saturated rings. The Bertz CT molecular complexity index is 303. The summed E-state index contributed by atoms with van der Waals surface area (Å²) in [6.45, 7) is 5.66. The highest BCUT2D eigenvalue weighted by molar-refractivity contribution is 7.91. The molecule has 1 aliphatic rings. The zero-order chi connectivity index (χ0) is 12.2. The van der Waals surface area contributed by atoms with Crippen molar-refractivity contribution in [3.8, 4) is 0 Å². The monoisotopic (exact) mass is 248 g/mol. The van der Waals surface area contributed by atoms with Gasteiger partial charge in [-0.3, -0.25) is 4.90 Å². The molecule has 2 unspecified atom stereocenters. The summed E-state index contributed by atoms with van der Waals surface area (Å²) in [7, 11) is -2.81. The summed E-state index contributed by atoms with van der Waals surface area (Å²) in [6.07, 6.45) is 2.94. The lowest BCUT2D eigenvalue weighted by Gasteiger charge is -2.36. The molecule has 0 amide bonds. The Morgan fingerprint density at radius 1 is 1.38 bits per heavy atom. The Morgan fingerprint density at radius 3 is 2.69 bits per heavy atom. The van der Waals surface area contributed by atoms with Crippen LogP contribution in [0.2, 0.25) is 0 Å². The number of nitrogens with two attached hydrogens (primary N) is 1. The maximum Gasteiger partial charge on any atom is 0.150 e. The van der Waals surface area contributed by atoms with Gasteiger partial charge in [-0.05, 0) is 32.7 Å². The van der Waals surface area contributed by atoms with Crippen LogP contribution in [0.3, 0.4) is 0 Å². The van der Waals surface area contributed by atoms with Crippen LogP contribution in [0.1, 0.15) is 33.1 Å². The number of piperidine rings is 1. The van der Waals surface area contributed by atoms with E-state index in [0.29, 0.717) is 11.8 Å². The number of nitrogens with zero attached hydrogens (tertiary/aromatic N) is 1. The van der Waals surface area contributed by atoms with Gasteiger partial charge >= 0.3 is 0 Å². The van der Waals surface area contributed by atoms with E-state index in [2.05, 4.69) is 11.8 Å². The van der Waals surface area contributed by atoms with Crippen LogP contribution in [0.25, 0.3) is 0 Å². The molecule has 16 heavy (non-hydrogen) atoms. The molecule has 2 atom stereocenters. The predicted octanol–water partition coefficient (Wildman–Crippen LogP) is 0.623. The van der Waals surface area contributed by atoms with E-state index in [1.54, 1.807) is 6.92 Å². The largest absolute Gasteiger partial charge is 0.327 e. The van der Waals surface area contributed by atoms with E-state index in [4.69, 9.17) is 5.73 Å². The van der Waals surface area contributed by atoms with Crippen molar-refractivity contribution in [2.75, 3.05) is 24.6 Å². The van der Waals surface area contributed by atoms with E-state index < -0.39 is 9.84 Å². The summed E-state index contributed by atoms with van der Waals surface area (Å²) >= 11 is 0. The lowest BCUT2D eigenvalue weighted by Crippen LogP contribution is -2.47. The molecule has 0 radical (unpaired) electrons. The van der Waals surface area contributed by atoms with Crippen molar-refractivity contribution in [3.63, 3.8) is 0 Å². The molecular weight excluding hydrogens is 224 g/mol.